The average Bonchev–Trinajstić information content (AvgIpc) is 2.82. The number of fused-ring (bicyclic) bond motifs is 1. The maximum Gasteiger partial charge on any atom is 0.281 e. The predicted octanol–water partition coefficient (Wildman–Crippen LogP) is 2.80. The van der Waals surface area contributed by atoms with Crippen LogP contribution in [0.2, 0.25) is 5.02 Å². The molecule has 3 rings (SSSR count). The van der Waals surface area contributed by atoms with E-state index in [1.54, 1.807) is 0 Å². The van der Waals surface area contributed by atoms with Crippen LogP contribution in [0.5, 0.6) is 0 Å². The first-order valence-corrected chi connectivity index (χ1v) is 6.84. The van der Waals surface area contributed by atoms with Crippen LogP contribution in [0.25, 0.3) is 21.3 Å². The molecule has 6 heteroatoms. The second kappa shape index (κ2) is 4.36. The molecule has 0 amide bonds. The smallest absolute Gasteiger partial charge is 0.281 e. The number of halogens is 1. The second-order valence-corrected chi connectivity index (χ2v) is 5.52. The maximum absolute atomic E-state index is 12.1. The minimum atomic E-state index is -0.242. The lowest BCUT2D eigenvalue weighted by atomic mass is 10.0. The highest BCUT2D eigenvalue weighted by Crippen LogP contribution is 2.32. The molecule has 0 bridgehead atoms. The molecule has 4 nitrogen and oxygen atoms in total. The number of hydrogen-bond acceptors (Lipinski definition) is 4. The first-order valence-electron chi connectivity index (χ1n) is 5.58. The Morgan fingerprint density at radius 2 is 2.21 bits per heavy atom. The lowest BCUT2D eigenvalue weighted by molar-refractivity contribution is 0.916. The van der Waals surface area contributed by atoms with Crippen molar-refractivity contribution in [3.63, 3.8) is 0 Å². The topological polar surface area (TPSA) is 60.9 Å². The SMILES string of the molecule is Cc1cc(-c2csc3ncn(N)c(=O)c23)ccc1Cl. The minimum absolute atomic E-state index is 0.242. The monoisotopic (exact) mass is 291 g/mol. The lowest BCUT2D eigenvalue weighted by Gasteiger charge is -2.03. The van der Waals surface area contributed by atoms with Crippen molar-refractivity contribution in [2.24, 2.45) is 0 Å². The molecule has 0 radical (unpaired) electrons. The summed E-state index contributed by atoms with van der Waals surface area (Å²) in [7, 11) is 0. The van der Waals surface area contributed by atoms with Crippen molar-refractivity contribution in [1.29, 1.82) is 0 Å². The van der Waals surface area contributed by atoms with E-state index in [0.29, 0.717) is 15.2 Å². The van der Waals surface area contributed by atoms with Crippen LogP contribution >= 0.6 is 22.9 Å². The van der Waals surface area contributed by atoms with Crippen molar-refractivity contribution in [2.45, 2.75) is 6.92 Å². The van der Waals surface area contributed by atoms with Gasteiger partial charge in [0.15, 0.2) is 0 Å². The van der Waals surface area contributed by atoms with Gasteiger partial charge in [-0.2, -0.15) is 0 Å². The summed E-state index contributed by atoms with van der Waals surface area (Å²) in [5.74, 6) is 5.57. The van der Waals surface area contributed by atoms with Crippen molar-refractivity contribution in [3.05, 3.63) is 50.8 Å². The van der Waals surface area contributed by atoms with Crippen molar-refractivity contribution in [3.8, 4) is 11.1 Å². The molecular formula is C13H10ClN3OS. The maximum atomic E-state index is 12.1. The van der Waals surface area contributed by atoms with E-state index in [2.05, 4.69) is 4.98 Å². The molecule has 0 aliphatic heterocycles. The summed E-state index contributed by atoms with van der Waals surface area (Å²) in [5, 5.41) is 3.18. The minimum Gasteiger partial charge on any atom is -0.335 e. The van der Waals surface area contributed by atoms with E-state index < -0.39 is 0 Å². The number of nitrogens with zero attached hydrogens (tertiary/aromatic N) is 2. The number of nitrogen functional groups attached to an aromatic ring is 1. The number of aromatic nitrogens is 2. The van der Waals surface area contributed by atoms with Crippen LogP contribution in [0, 0.1) is 6.92 Å². The van der Waals surface area contributed by atoms with Gasteiger partial charge in [-0.15, -0.1) is 11.3 Å². The zero-order chi connectivity index (χ0) is 13.6. The van der Waals surface area contributed by atoms with Gasteiger partial charge in [0.25, 0.3) is 5.56 Å². The Hall–Kier alpha value is -1.85. The van der Waals surface area contributed by atoms with Gasteiger partial charge in [-0.25, -0.2) is 9.66 Å². The van der Waals surface area contributed by atoms with Gasteiger partial charge in [-0.05, 0) is 30.2 Å². The predicted molar refractivity (Wildman–Crippen MR) is 79.2 cm³/mol. The number of thiophene rings is 1. The van der Waals surface area contributed by atoms with Gasteiger partial charge in [-0.1, -0.05) is 17.7 Å². The normalized spacial score (nSPS) is 11.1. The standard InChI is InChI=1S/C13H10ClN3OS/c1-7-4-8(2-3-10(7)14)9-5-19-12-11(9)13(18)17(15)6-16-12/h2-6H,15H2,1H3. The van der Waals surface area contributed by atoms with Crippen molar-refractivity contribution < 1.29 is 0 Å². The number of aryl methyl sites for hydroxylation is 1. The molecule has 19 heavy (non-hydrogen) atoms. The van der Waals surface area contributed by atoms with Crippen LogP contribution in [0.4, 0.5) is 0 Å². The molecule has 96 valence electrons. The third-order valence-electron chi connectivity index (χ3n) is 2.99. The lowest BCUT2D eigenvalue weighted by Crippen LogP contribution is -2.26. The van der Waals surface area contributed by atoms with Gasteiger partial charge in [0, 0.05) is 16.0 Å². The zero-order valence-electron chi connectivity index (χ0n) is 10.1. The fraction of sp³-hybridized carbons (Fsp3) is 0.0769. The molecule has 2 N–H and O–H groups in total. The Morgan fingerprint density at radius 1 is 1.42 bits per heavy atom. The highest BCUT2D eigenvalue weighted by molar-refractivity contribution is 7.17. The summed E-state index contributed by atoms with van der Waals surface area (Å²) in [6.45, 7) is 1.93. The Labute approximate surface area is 118 Å². The quantitative estimate of drug-likeness (QED) is 0.701. The molecule has 2 heterocycles. The van der Waals surface area contributed by atoms with Crippen LogP contribution < -0.4 is 11.4 Å². The molecule has 0 atom stereocenters. The third kappa shape index (κ3) is 1.91. The molecular weight excluding hydrogens is 282 g/mol. The van der Waals surface area contributed by atoms with Crippen LogP contribution in [0.1, 0.15) is 5.56 Å². The Bertz CT molecular complexity index is 838. The van der Waals surface area contributed by atoms with Gasteiger partial charge < -0.3 is 5.84 Å². The highest BCUT2D eigenvalue weighted by atomic mass is 35.5. The molecule has 0 unspecified atom stereocenters. The van der Waals surface area contributed by atoms with Crippen LogP contribution in [0.15, 0.2) is 34.7 Å². The van der Waals surface area contributed by atoms with Crippen LogP contribution in [0.3, 0.4) is 0 Å². The number of rotatable bonds is 1. The highest BCUT2D eigenvalue weighted by Gasteiger charge is 2.13. The summed E-state index contributed by atoms with van der Waals surface area (Å²) < 4.78 is 1.00. The average molecular weight is 292 g/mol. The fourth-order valence-corrected chi connectivity index (χ4v) is 2.99. The molecule has 2 aromatic heterocycles. The molecule has 0 aliphatic rings. The van der Waals surface area contributed by atoms with Gasteiger partial charge in [0.1, 0.15) is 11.2 Å². The van der Waals surface area contributed by atoms with E-state index in [9.17, 15) is 4.79 Å². The van der Waals surface area contributed by atoms with Crippen molar-refractivity contribution in [1.82, 2.24) is 9.66 Å². The van der Waals surface area contributed by atoms with Crippen LogP contribution in [-0.2, 0) is 0 Å². The number of hydrogen-bond donors (Lipinski definition) is 1. The first-order chi connectivity index (χ1) is 9.08. The Balaban J connectivity index is 2.34. The van der Waals surface area contributed by atoms with E-state index in [-0.39, 0.29) is 5.56 Å². The van der Waals surface area contributed by atoms with Gasteiger partial charge >= 0.3 is 0 Å². The van der Waals surface area contributed by atoms with Gasteiger partial charge in [0.05, 0.1) is 5.39 Å². The van der Waals surface area contributed by atoms with E-state index >= 15 is 0 Å². The third-order valence-corrected chi connectivity index (χ3v) is 4.30. The van der Waals surface area contributed by atoms with E-state index in [1.165, 1.54) is 17.7 Å². The van der Waals surface area contributed by atoms with Gasteiger partial charge in [0.2, 0.25) is 0 Å². The van der Waals surface area contributed by atoms with Crippen molar-refractivity contribution >= 4 is 33.2 Å². The molecule has 0 saturated carbocycles. The molecule has 0 saturated heterocycles. The first kappa shape index (κ1) is 12.2. The molecule has 1 aromatic carbocycles. The summed E-state index contributed by atoms with van der Waals surface area (Å²) in [4.78, 5) is 17.0. The van der Waals surface area contributed by atoms with Crippen molar-refractivity contribution in [2.75, 3.05) is 5.84 Å². The molecule has 0 aliphatic carbocycles. The van der Waals surface area contributed by atoms with E-state index in [1.807, 2.05) is 30.5 Å². The summed E-state index contributed by atoms with van der Waals surface area (Å²) in [6.07, 6.45) is 1.33. The van der Waals surface area contributed by atoms with E-state index in [0.717, 1.165) is 21.4 Å². The molecule has 0 spiro atoms. The largest absolute Gasteiger partial charge is 0.335 e. The van der Waals surface area contributed by atoms with E-state index in [4.69, 9.17) is 17.4 Å². The Kier molecular flexibility index (Phi) is 2.80. The zero-order valence-corrected chi connectivity index (χ0v) is 11.6. The number of benzene rings is 1. The molecule has 0 fully saturated rings. The molecule has 3 aromatic rings. The second-order valence-electron chi connectivity index (χ2n) is 4.25. The summed E-state index contributed by atoms with van der Waals surface area (Å²) in [5.41, 5.74) is 2.51. The fourth-order valence-electron chi connectivity index (χ4n) is 1.97. The number of nitrogens with two attached hydrogens (primary N) is 1. The summed E-state index contributed by atoms with van der Waals surface area (Å²) in [6, 6.07) is 5.67. The summed E-state index contributed by atoms with van der Waals surface area (Å²) >= 11 is 7.45. The van der Waals surface area contributed by atoms with Crippen LogP contribution in [-0.4, -0.2) is 9.66 Å². The Morgan fingerprint density at radius 3 is 2.95 bits per heavy atom. The van der Waals surface area contributed by atoms with Gasteiger partial charge in [-0.3, -0.25) is 4.79 Å².